The monoisotopic (exact) mass is 908 g/mol. The molecule has 2 N–H and O–H groups in total. The topological polar surface area (TPSA) is 179 Å². The minimum absolute atomic E-state index is 0.604. The number of hydrogen-bond acceptors (Lipinski definition) is 10. The van der Waals surface area contributed by atoms with Crippen molar-refractivity contribution in [2.24, 2.45) is 11.8 Å². The second kappa shape index (κ2) is 19.0. The molecule has 6 heterocycles. The van der Waals surface area contributed by atoms with Gasteiger partial charge in [0.15, 0.2) is 37.9 Å². The summed E-state index contributed by atoms with van der Waals surface area (Å²) in [5.74, 6) is 3.53. The highest BCUT2D eigenvalue weighted by atomic mass is 32.2. The van der Waals surface area contributed by atoms with Crippen LogP contribution in [0, 0.1) is 11.8 Å². The van der Waals surface area contributed by atoms with Crippen LogP contribution in [-0.2, 0) is 33.3 Å². The van der Waals surface area contributed by atoms with Gasteiger partial charge in [-0.1, -0.05) is 12.1 Å². The maximum atomic E-state index is 9.08. The third-order valence-corrected chi connectivity index (χ3v) is 12.9. The Hall–Kier alpha value is -5.36. The van der Waals surface area contributed by atoms with Crippen LogP contribution in [-0.4, -0.2) is 112 Å². The maximum absolute atomic E-state index is 9.08. The molecule has 4 aromatic heterocycles. The molecule has 2 saturated heterocycles. The molecule has 2 fully saturated rings. The van der Waals surface area contributed by atoms with Crippen molar-refractivity contribution in [1.82, 2.24) is 19.8 Å². The van der Waals surface area contributed by atoms with Gasteiger partial charge in [-0.15, -0.1) is 0 Å². The fourth-order valence-electron chi connectivity index (χ4n) is 9.71. The van der Waals surface area contributed by atoms with Crippen molar-refractivity contribution in [3.8, 4) is 11.5 Å². The predicted octanol–water partition coefficient (Wildman–Crippen LogP) is 6.30. The Morgan fingerprint density at radius 2 is 0.922 bits per heavy atom. The molecule has 338 valence electrons. The molecule has 0 atom stereocenters. The number of H-pyrrole nitrogens is 2. The summed E-state index contributed by atoms with van der Waals surface area (Å²) in [6.45, 7) is 9.12. The molecule has 14 nitrogen and oxygen atoms in total. The van der Waals surface area contributed by atoms with E-state index < -0.39 is 20.2 Å². The number of nitrogens with one attached hydrogen (secondary N) is 2. The highest BCUT2D eigenvalue weighted by molar-refractivity contribution is 7.85. The smallest absolute Gasteiger partial charge is 0.177 e. The minimum atomic E-state index is -3.92. The number of nitrogens with zero attached hydrogens (tertiary/aromatic N) is 4. The Labute approximate surface area is 373 Å². The van der Waals surface area contributed by atoms with Crippen LogP contribution in [0.3, 0.4) is 0 Å². The molecular weight excluding hydrogens is 853 g/mol. The molecule has 0 saturated carbocycles. The second-order valence-corrected chi connectivity index (χ2v) is 20.0. The van der Waals surface area contributed by atoms with Crippen LogP contribution in [0.2, 0.25) is 0 Å². The highest BCUT2D eigenvalue weighted by Gasteiger charge is 2.30. The van der Waals surface area contributed by atoms with E-state index in [1.807, 2.05) is 12.1 Å². The number of ether oxygens (including phenoxy) is 2. The van der Waals surface area contributed by atoms with Gasteiger partial charge in [0.1, 0.15) is 11.5 Å². The van der Waals surface area contributed by atoms with Gasteiger partial charge < -0.3 is 28.5 Å². The highest BCUT2D eigenvalue weighted by Crippen LogP contribution is 2.36. The number of aromatic nitrogens is 4. The number of likely N-dealkylation sites (tertiary alicyclic amines) is 2. The summed E-state index contributed by atoms with van der Waals surface area (Å²) < 4.78 is 70.4. The van der Waals surface area contributed by atoms with Gasteiger partial charge in [0, 0.05) is 68.3 Å². The molecule has 0 aliphatic carbocycles. The molecule has 2 aliphatic rings. The van der Waals surface area contributed by atoms with Crippen LogP contribution in [0.1, 0.15) is 25.7 Å². The molecule has 2 aliphatic heterocycles. The molecule has 8 aromatic rings. The van der Waals surface area contributed by atoms with Crippen LogP contribution in [0.25, 0.3) is 65.2 Å². The van der Waals surface area contributed by atoms with E-state index >= 15 is 0 Å². The number of fused-ring (bicyclic) bond motifs is 10. The lowest BCUT2D eigenvalue weighted by molar-refractivity contribution is -0.695. The fraction of sp³-hybridized carbons (Fsp3) is 0.375. The second-order valence-electron chi connectivity index (χ2n) is 17.2. The number of hydrogen-bond donors (Lipinski definition) is 2. The zero-order valence-corrected chi connectivity index (χ0v) is 38.4. The normalized spacial score (nSPS) is 16.0. The maximum Gasteiger partial charge on any atom is 0.177 e. The Morgan fingerprint density at radius 3 is 1.28 bits per heavy atom. The first-order valence-corrected chi connectivity index (χ1v) is 25.3. The fourth-order valence-corrected chi connectivity index (χ4v) is 9.71. The van der Waals surface area contributed by atoms with E-state index in [0.717, 1.165) is 60.5 Å². The largest absolute Gasteiger partial charge is 0.748 e. The zero-order chi connectivity index (χ0) is 45.2. The average Bonchev–Trinajstić information content (AvgIpc) is 3.85. The number of methoxy groups -OCH3 is 2. The van der Waals surface area contributed by atoms with Gasteiger partial charge in [-0.25, -0.2) is 26.0 Å². The number of benzene rings is 4. The van der Waals surface area contributed by atoms with Gasteiger partial charge >= 0.3 is 0 Å². The lowest BCUT2D eigenvalue weighted by atomic mass is 9.79. The first-order valence-electron chi connectivity index (χ1n) is 21.7. The molecule has 10 rings (SSSR count). The molecule has 0 bridgehead atoms. The standard InChI is InChI=1S/C46H48N6O2.2CH4O3S/c1-53-35-5-9-41-37(27-35)45-39-29-51(21-15-33(39)3-7-43(45)47-41)25-23-49-17-11-31(12-18-49)32-13-19-50(20-14-32)24-26-52-22-16-34-4-8-44-46(40(34)30-52)38-28-36(54-2)6-10-42(38)48-44;2*1-5(2,3)4/h3-10,15-16,21-22,27-32H,11-14,17-20,23-26H2,1-2H3;2*1H3,(H,2,3,4). The third-order valence-electron chi connectivity index (χ3n) is 12.9. The molecule has 0 spiro atoms. The summed E-state index contributed by atoms with van der Waals surface area (Å²) >= 11 is 0. The molecule has 64 heavy (non-hydrogen) atoms. The quantitative estimate of drug-likeness (QED) is 0.123. The average molecular weight is 909 g/mol. The summed E-state index contributed by atoms with van der Waals surface area (Å²) in [5, 5.41) is 10.1. The number of rotatable bonds is 9. The molecule has 0 amide bonds. The van der Waals surface area contributed by atoms with Crippen molar-refractivity contribution in [3.63, 3.8) is 0 Å². The van der Waals surface area contributed by atoms with Gasteiger partial charge in [0.05, 0.1) is 58.3 Å². The van der Waals surface area contributed by atoms with Gasteiger partial charge in [0.2, 0.25) is 0 Å². The van der Waals surface area contributed by atoms with Crippen molar-refractivity contribution >= 4 is 85.4 Å². The van der Waals surface area contributed by atoms with Crippen LogP contribution in [0.15, 0.2) is 97.6 Å². The molecular formula is C48H56N6O8S2. The van der Waals surface area contributed by atoms with Crippen LogP contribution >= 0.6 is 0 Å². The number of pyridine rings is 2. The van der Waals surface area contributed by atoms with Crippen LogP contribution in [0.5, 0.6) is 11.5 Å². The molecule has 0 unspecified atom stereocenters. The summed E-state index contributed by atoms with van der Waals surface area (Å²) in [7, 11) is -4.36. The Kier molecular flexibility index (Phi) is 13.4. The van der Waals surface area contributed by atoms with Crippen molar-refractivity contribution in [2.45, 2.75) is 38.8 Å². The summed E-state index contributed by atoms with van der Waals surface area (Å²) in [4.78, 5) is 12.6. The van der Waals surface area contributed by atoms with Crippen molar-refractivity contribution < 1.29 is 44.5 Å². The first kappa shape index (κ1) is 45.2. The van der Waals surface area contributed by atoms with Gasteiger partial charge in [-0.3, -0.25) is 9.80 Å². The predicted molar refractivity (Wildman–Crippen MR) is 250 cm³/mol. The van der Waals surface area contributed by atoms with Crippen molar-refractivity contribution in [3.05, 3.63) is 97.6 Å². The Morgan fingerprint density at radius 1 is 0.562 bits per heavy atom. The zero-order valence-electron chi connectivity index (χ0n) is 36.7. The van der Waals surface area contributed by atoms with Crippen molar-refractivity contribution in [1.29, 1.82) is 0 Å². The minimum Gasteiger partial charge on any atom is -0.748 e. The molecule has 4 aromatic carbocycles. The molecule has 16 heteroatoms. The van der Waals surface area contributed by atoms with E-state index in [1.54, 1.807) is 14.2 Å². The van der Waals surface area contributed by atoms with E-state index in [0.29, 0.717) is 12.5 Å². The van der Waals surface area contributed by atoms with Crippen molar-refractivity contribution in [2.75, 3.05) is 66.0 Å². The van der Waals surface area contributed by atoms with Crippen LogP contribution in [0.4, 0.5) is 0 Å². The van der Waals surface area contributed by atoms with Crippen LogP contribution < -0.4 is 18.6 Å². The van der Waals surface area contributed by atoms with Gasteiger partial charge in [-0.2, -0.15) is 0 Å². The van der Waals surface area contributed by atoms with E-state index in [-0.39, 0.29) is 0 Å². The van der Waals surface area contributed by atoms with E-state index in [9.17, 15) is 0 Å². The summed E-state index contributed by atoms with van der Waals surface area (Å²) in [6.07, 6.45) is 15.8. The molecule has 0 radical (unpaired) electrons. The SMILES string of the molecule is COc1ccc2[nH]c3ccc4cc[n+](CCN5CCC(C6CCN(CC[n+]7ccc8ccc9[nH]c%10ccc(OC)cc%10c9c8c7)CC6)CC5)cc4c3c2c1.CS(=O)(=O)[O-].CS(=O)(=O)[O-]. The third kappa shape index (κ3) is 10.9. The van der Waals surface area contributed by atoms with E-state index in [4.69, 9.17) is 35.4 Å². The summed E-state index contributed by atoms with van der Waals surface area (Å²) in [6, 6.07) is 26.0. The number of piperidine rings is 2. The van der Waals surface area contributed by atoms with E-state index in [1.165, 1.54) is 106 Å². The Bertz CT molecular complexity index is 2940. The lowest BCUT2D eigenvalue weighted by Gasteiger charge is -2.39. The Balaban J connectivity index is 0.000000508. The van der Waals surface area contributed by atoms with Gasteiger partial charge in [0.25, 0.3) is 0 Å². The van der Waals surface area contributed by atoms with Gasteiger partial charge in [-0.05, 0) is 123 Å². The lowest BCUT2D eigenvalue weighted by Crippen LogP contribution is -2.46. The summed E-state index contributed by atoms with van der Waals surface area (Å²) in [5.41, 5.74) is 4.65. The first-order chi connectivity index (χ1) is 30.6. The van der Waals surface area contributed by atoms with E-state index in [2.05, 4.69) is 114 Å². The number of aromatic amines is 2.